The number of H-pyrrole nitrogens is 2. The van der Waals surface area contributed by atoms with E-state index >= 15 is 0 Å². The second kappa shape index (κ2) is 11.7. The summed E-state index contributed by atoms with van der Waals surface area (Å²) >= 11 is 0. The van der Waals surface area contributed by atoms with Crippen molar-refractivity contribution in [1.29, 1.82) is 5.41 Å². The maximum absolute atomic E-state index is 9.78. The Hall–Kier alpha value is -3.60. The number of allylic oxidation sites excluding steroid dienone is 2. The molecule has 0 spiro atoms. The molecule has 4 aromatic rings. The van der Waals surface area contributed by atoms with E-state index in [4.69, 9.17) is 4.98 Å². The fourth-order valence-corrected chi connectivity index (χ4v) is 7.30. The number of aromatic amines is 2. The smallest absolute Gasteiger partial charge is 0.102 e. The molecule has 0 saturated carbocycles. The Labute approximate surface area is 244 Å². The highest BCUT2D eigenvalue weighted by Gasteiger charge is 2.23. The lowest BCUT2D eigenvalue weighted by Gasteiger charge is -2.08. The lowest BCUT2D eigenvalue weighted by atomic mass is 9.95. The van der Waals surface area contributed by atoms with Gasteiger partial charge in [0, 0.05) is 34.2 Å². The van der Waals surface area contributed by atoms with Crippen molar-refractivity contribution in [1.82, 2.24) is 19.5 Å². The van der Waals surface area contributed by atoms with Gasteiger partial charge in [-0.15, -0.1) is 0 Å². The maximum atomic E-state index is 9.78. The average Bonchev–Trinajstić information content (AvgIpc) is 3.74. The average molecular weight is 550 g/mol. The van der Waals surface area contributed by atoms with Gasteiger partial charge in [-0.1, -0.05) is 48.5 Å². The van der Waals surface area contributed by atoms with E-state index in [9.17, 15) is 5.41 Å². The number of fused-ring (bicyclic) bond motifs is 8. The molecule has 4 aromatic heterocycles. The van der Waals surface area contributed by atoms with E-state index < -0.39 is 0 Å². The van der Waals surface area contributed by atoms with Gasteiger partial charge in [0.25, 0.3) is 0 Å². The molecule has 5 rings (SSSR count). The van der Waals surface area contributed by atoms with Crippen molar-refractivity contribution in [2.24, 2.45) is 0 Å². The van der Waals surface area contributed by atoms with Crippen LogP contribution < -0.4 is 5.36 Å². The zero-order chi connectivity index (χ0) is 29.4. The predicted octanol–water partition coefficient (Wildman–Crippen LogP) is 9.04. The first-order valence-electron chi connectivity index (χ1n) is 15.9. The minimum absolute atomic E-state index is 0.611. The monoisotopic (exact) mass is 549 g/mol. The Bertz CT molecular complexity index is 1840. The molecule has 3 N–H and O–H groups in total. The van der Waals surface area contributed by atoms with E-state index in [-0.39, 0.29) is 0 Å². The Morgan fingerprint density at radius 1 is 0.634 bits per heavy atom. The van der Waals surface area contributed by atoms with Crippen LogP contribution in [-0.4, -0.2) is 19.5 Å². The van der Waals surface area contributed by atoms with E-state index in [2.05, 4.69) is 94.2 Å². The van der Waals surface area contributed by atoms with Crippen LogP contribution in [0.15, 0.2) is 24.3 Å². The molecular formula is C36H47N5. The van der Waals surface area contributed by atoms with Crippen LogP contribution in [0.5, 0.6) is 0 Å². The van der Waals surface area contributed by atoms with Crippen molar-refractivity contribution in [3.05, 3.63) is 68.8 Å². The summed E-state index contributed by atoms with van der Waals surface area (Å²) in [4.78, 5) is 12.9. The second-order valence-corrected chi connectivity index (χ2v) is 11.1. The van der Waals surface area contributed by atoms with Crippen molar-refractivity contribution in [2.75, 3.05) is 0 Å². The number of aryl methyl sites for hydroxylation is 6. The molecule has 5 heterocycles. The SMILES string of the molecule is CCC1=C(CC)c2nc1cc1ccc(cc3c(CC)c(CC)c(c(=N)c4[nH]c(c2CC)c(CC)c4CC)n3CC)[nH]1. The van der Waals surface area contributed by atoms with Gasteiger partial charge in [0.2, 0.25) is 0 Å². The zero-order valence-electron chi connectivity index (χ0n) is 26.4. The first-order chi connectivity index (χ1) is 19.9. The van der Waals surface area contributed by atoms with Crippen LogP contribution in [0.1, 0.15) is 107 Å². The fourth-order valence-electron chi connectivity index (χ4n) is 7.30. The quantitative estimate of drug-likeness (QED) is 0.201. The van der Waals surface area contributed by atoms with Crippen molar-refractivity contribution in [3.8, 4) is 0 Å². The molecule has 0 fully saturated rings. The van der Waals surface area contributed by atoms with E-state index in [0.717, 1.165) is 84.9 Å². The van der Waals surface area contributed by atoms with Gasteiger partial charge in [-0.2, -0.15) is 0 Å². The standard InChI is InChI=1S/C36H47N5/c1-9-23-25(11-3)33-29(15-7)34-26(12-4)27(13-5)35(40-34)32(37)36-28(14-6)24(10-2)31(41(36)16-8)20-22-18-17-21(38-22)19-30(23)39-33/h17-20,37-38,40H,9-16H2,1-8H3. The topological polar surface area (TPSA) is 73.2 Å². The lowest BCUT2D eigenvalue weighted by Crippen LogP contribution is -2.09. The van der Waals surface area contributed by atoms with Crippen LogP contribution in [0.2, 0.25) is 0 Å². The van der Waals surface area contributed by atoms with Gasteiger partial charge in [0.1, 0.15) is 5.36 Å². The van der Waals surface area contributed by atoms with Crippen LogP contribution in [0.3, 0.4) is 0 Å². The Kier molecular flexibility index (Phi) is 8.26. The maximum Gasteiger partial charge on any atom is 0.102 e. The number of nitrogens with zero attached hydrogens (tertiary/aromatic N) is 2. The van der Waals surface area contributed by atoms with Crippen molar-refractivity contribution < 1.29 is 0 Å². The molecule has 8 bridgehead atoms. The summed E-state index contributed by atoms with van der Waals surface area (Å²) < 4.78 is 2.38. The van der Waals surface area contributed by atoms with Gasteiger partial charge in [0.15, 0.2) is 0 Å². The molecule has 0 unspecified atom stereocenters. The summed E-state index contributed by atoms with van der Waals surface area (Å²) in [5.74, 6) is 0. The normalized spacial score (nSPS) is 12.7. The molecule has 5 nitrogen and oxygen atoms in total. The highest BCUT2D eigenvalue weighted by Crippen LogP contribution is 2.38. The first kappa shape index (κ1) is 28.9. The fraction of sp³-hybridized carbons (Fsp3) is 0.444. The van der Waals surface area contributed by atoms with Gasteiger partial charge in [-0.05, 0) is 110 Å². The van der Waals surface area contributed by atoms with Crippen LogP contribution >= 0.6 is 0 Å². The molecule has 1 aliphatic heterocycles. The van der Waals surface area contributed by atoms with Crippen molar-refractivity contribution in [2.45, 2.75) is 107 Å². The lowest BCUT2D eigenvalue weighted by molar-refractivity contribution is 0.817. The van der Waals surface area contributed by atoms with Gasteiger partial charge in [-0.3, -0.25) is 5.41 Å². The van der Waals surface area contributed by atoms with Crippen LogP contribution in [0.4, 0.5) is 0 Å². The molecule has 216 valence electrons. The molecule has 0 radical (unpaired) electrons. The molecule has 0 aliphatic carbocycles. The van der Waals surface area contributed by atoms with E-state index in [1.54, 1.807) is 0 Å². The van der Waals surface area contributed by atoms with E-state index in [1.807, 2.05) is 0 Å². The van der Waals surface area contributed by atoms with Gasteiger partial charge >= 0.3 is 0 Å². The molecular weight excluding hydrogens is 502 g/mol. The third-order valence-electron chi connectivity index (χ3n) is 9.11. The summed E-state index contributed by atoms with van der Waals surface area (Å²) in [5, 5.41) is 10.4. The summed E-state index contributed by atoms with van der Waals surface area (Å²) in [7, 11) is 0. The molecule has 41 heavy (non-hydrogen) atoms. The molecule has 0 amide bonds. The molecule has 0 atom stereocenters. The first-order valence-corrected chi connectivity index (χ1v) is 15.9. The number of hydrogen-bond donors (Lipinski definition) is 3. The van der Waals surface area contributed by atoms with Crippen LogP contribution in [-0.2, 0) is 38.6 Å². The predicted molar refractivity (Wildman–Crippen MR) is 176 cm³/mol. The number of nitrogens with one attached hydrogen (secondary N) is 3. The third kappa shape index (κ3) is 4.54. The van der Waals surface area contributed by atoms with Crippen molar-refractivity contribution in [3.63, 3.8) is 0 Å². The van der Waals surface area contributed by atoms with Crippen LogP contribution in [0.25, 0.3) is 44.2 Å². The minimum atomic E-state index is 0.611. The number of rotatable bonds is 8. The van der Waals surface area contributed by atoms with E-state index in [0.29, 0.717) is 5.36 Å². The molecule has 1 aliphatic rings. The van der Waals surface area contributed by atoms with Gasteiger partial charge < -0.3 is 14.5 Å². The Balaban J connectivity index is 2.16. The Morgan fingerprint density at radius 3 is 1.78 bits per heavy atom. The molecule has 0 saturated heterocycles. The third-order valence-corrected chi connectivity index (χ3v) is 9.11. The van der Waals surface area contributed by atoms with Gasteiger partial charge in [0.05, 0.1) is 22.4 Å². The minimum Gasteiger partial charge on any atom is -0.355 e. The van der Waals surface area contributed by atoms with Crippen molar-refractivity contribution >= 4 is 44.2 Å². The molecule has 5 heteroatoms. The van der Waals surface area contributed by atoms with E-state index in [1.165, 1.54) is 50.0 Å². The molecule has 0 aromatic carbocycles. The zero-order valence-corrected chi connectivity index (χ0v) is 26.4. The Morgan fingerprint density at radius 2 is 1.22 bits per heavy atom. The van der Waals surface area contributed by atoms with Crippen LogP contribution in [0, 0.1) is 5.41 Å². The van der Waals surface area contributed by atoms with Gasteiger partial charge in [-0.25, -0.2) is 4.98 Å². The summed E-state index contributed by atoms with van der Waals surface area (Å²) in [6.45, 7) is 18.7. The summed E-state index contributed by atoms with van der Waals surface area (Å²) in [5.41, 5.74) is 18.0. The second-order valence-electron chi connectivity index (χ2n) is 11.1. The number of aromatic nitrogens is 4. The highest BCUT2D eigenvalue weighted by atomic mass is 15.0. The summed E-state index contributed by atoms with van der Waals surface area (Å²) in [6.07, 6.45) is 6.44. The largest absolute Gasteiger partial charge is 0.355 e. The summed E-state index contributed by atoms with van der Waals surface area (Å²) in [6, 6.07) is 8.85. The highest BCUT2D eigenvalue weighted by molar-refractivity contribution is 5.95. The number of hydrogen-bond acceptors (Lipinski definition) is 2.